The number of aromatic nitrogens is 2. The highest BCUT2D eigenvalue weighted by atomic mass is 35.5. The van der Waals surface area contributed by atoms with Crippen LogP contribution < -0.4 is 5.32 Å². The molecule has 3 aromatic rings. The van der Waals surface area contributed by atoms with Crippen molar-refractivity contribution in [2.75, 3.05) is 26.7 Å². The van der Waals surface area contributed by atoms with Crippen LogP contribution in [-0.4, -0.2) is 47.7 Å². The van der Waals surface area contributed by atoms with Crippen molar-refractivity contribution < 1.29 is 4.52 Å². The van der Waals surface area contributed by atoms with Crippen LogP contribution in [0.5, 0.6) is 0 Å². The standard InChI is InChI=1S/C22H24ClN5O/c1-24-22(28-14-12-18(15-28)16-5-3-2-4-6-16)25-13-11-20-26-21(27-29-20)17-7-9-19(23)10-8-17/h2-10,18H,11-15H2,1H3,(H,24,25). The molecule has 1 atom stereocenters. The van der Waals surface area contributed by atoms with Gasteiger partial charge in [-0.3, -0.25) is 4.99 Å². The van der Waals surface area contributed by atoms with Crippen LogP contribution in [0.4, 0.5) is 0 Å². The van der Waals surface area contributed by atoms with Gasteiger partial charge < -0.3 is 14.7 Å². The van der Waals surface area contributed by atoms with E-state index in [1.165, 1.54) is 5.56 Å². The highest BCUT2D eigenvalue weighted by Crippen LogP contribution is 2.26. The minimum atomic E-state index is 0.549. The highest BCUT2D eigenvalue weighted by Gasteiger charge is 2.25. The number of halogens is 1. The summed E-state index contributed by atoms with van der Waals surface area (Å²) in [7, 11) is 1.82. The fraction of sp³-hybridized carbons (Fsp3) is 0.318. The van der Waals surface area contributed by atoms with Crippen LogP contribution in [0.25, 0.3) is 11.4 Å². The molecule has 0 amide bonds. The van der Waals surface area contributed by atoms with E-state index in [9.17, 15) is 0 Å². The Morgan fingerprint density at radius 1 is 1.21 bits per heavy atom. The van der Waals surface area contributed by atoms with Gasteiger partial charge in [0.05, 0.1) is 0 Å². The number of hydrogen-bond acceptors (Lipinski definition) is 4. The number of hydrogen-bond donors (Lipinski definition) is 1. The molecular weight excluding hydrogens is 386 g/mol. The summed E-state index contributed by atoms with van der Waals surface area (Å²) in [4.78, 5) is 11.2. The van der Waals surface area contributed by atoms with E-state index in [-0.39, 0.29) is 0 Å². The Hall–Kier alpha value is -2.86. The molecule has 2 aromatic carbocycles. The van der Waals surface area contributed by atoms with E-state index in [2.05, 4.69) is 55.7 Å². The first-order valence-electron chi connectivity index (χ1n) is 9.82. The Labute approximate surface area is 175 Å². The Balaban J connectivity index is 1.29. The van der Waals surface area contributed by atoms with Gasteiger partial charge in [-0.2, -0.15) is 4.98 Å². The zero-order valence-electron chi connectivity index (χ0n) is 16.4. The van der Waals surface area contributed by atoms with Crippen molar-refractivity contribution >= 4 is 17.6 Å². The SMILES string of the molecule is CN=C(NCCc1nc(-c2ccc(Cl)cc2)no1)N1CCC(c2ccccc2)C1. The van der Waals surface area contributed by atoms with Gasteiger partial charge in [0.25, 0.3) is 0 Å². The van der Waals surface area contributed by atoms with E-state index in [1.54, 1.807) is 0 Å². The Kier molecular flexibility index (Phi) is 6.10. The molecule has 1 aromatic heterocycles. The zero-order chi connectivity index (χ0) is 20.1. The van der Waals surface area contributed by atoms with Gasteiger partial charge in [0.15, 0.2) is 5.96 Å². The predicted molar refractivity (Wildman–Crippen MR) is 115 cm³/mol. The van der Waals surface area contributed by atoms with Crippen molar-refractivity contribution in [2.45, 2.75) is 18.8 Å². The molecule has 29 heavy (non-hydrogen) atoms. The maximum atomic E-state index is 5.93. The Bertz CT molecular complexity index is 955. The van der Waals surface area contributed by atoms with Crippen molar-refractivity contribution in [3.63, 3.8) is 0 Å². The molecule has 0 bridgehead atoms. The van der Waals surface area contributed by atoms with Crippen LogP contribution in [0.15, 0.2) is 64.1 Å². The third-order valence-corrected chi connectivity index (χ3v) is 5.42. The first kappa shape index (κ1) is 19.5. The van der Waals surface area contributed by atoms with Crippen molar-refractivity contribution in [3.8, 4) is 11.4 Å². The summed E-state index contributed by atoms with van der Waals surface area (Å²) in [5.74, 6) is 2.64. The van der Waals surface area contributed by atoms with Crippen LogP contribution in [0.3, 0.4) is 0 Å². The van der Waals surface area contributed by atoms with E-state index in [0.717, 1.165) is 31.0 Å². The number of nitrogens with zero attached hydrogens (tertiary/aromatic N) is 4. The van der Waals surface area contributed by atoms with Crippen LogP contribution in [-0.2, 0) is 6.42 Å². The van der Waals surface area contributed by atoms with Gasteiger partial charge in [0, 0.05) is 49.6 Å². The largest absolute Gasteiger partial charge is 0.356 e. The van der Waals surface area contributed by atoms with Crippen LogP contribution in [0.2, 0.25) is 5.02 Å². The predicted octanol–water partition coefficient (Wildman–Crippen LogP) is 4.00. The van der Waals surface area contributed by atoms with E-state index in [4.69, 9.17) is 16.1 Å². The first-order chi connectivity index (χ1) is 14.2. The Morgan fingerprint density at radius 2 is 2.00 bits per heavy atom. The minimum Gasteiger partial charge on any atom is -0.356 e. The molecule has 4 rings (SSSR count). The summed E-state index contributed by atoms with van der Waals surface area (Å²) in [6.07, 6.45) is 1.77. The molecule has 150 valence electrons. The van der Waals surface area contributed by atoms with Crippen LogP contribution >= 0.6 is 11.6 Å². The van der Waals surface area contributed by atoms with Gasteiger partial charge in [-0.15, -0.1) is 0 Å². The number of nitrogens with one attached hydrogen (secondary N) is 1. The molecule has 1 aliphatic heterocycles. The zero-order valence-corrected chi connectivity index (χ0v) is 17.1. The second-order valence-corrected chi connectivity index (χ2v) is 7.52. The summed E-state index contributed by atoms with van der Waals surface area (Å²) >= 11 is 5.93. The topological polar surface area (TPSA) is 66.5 Å². The maximum absolute atomic E-state index is 5.93. The monoisotopic (exact) mass is 409 g/mol. The Morgan fingerprint density at radius 3 is 2.76 bits per heavy atom. The van der Waals surface area contributed by atoms with Gasteiger partial charge in [-0.05, 0) is 36.2 Å². The van der Waals surface area contributed by atoms with Gasteiger partial charge in [0.1, 0.15) is 0 Å². The summed E-state index contributed by atoms with van der Waals surface area (Å²) < 4.78 is 5.38. The summed E-state index contributed by atoms with van der Waals surface area (Å²) in [5, 5.41) is 8.16. The van der Waals surface area contributed by atoms with Crippen LogP contribution in [0.1, 0.15) is 23.8 Å². The van der Waals surface area contributed by atoms with Crippen LogP contribution in [0, 0.1) is 0 Å². The van der Waals surface area contributed by atoms with Crippen molar-refractivity contribution in [3.05, 3.63) is 71.1 Å². The molecule has 7 heteroatoms. The molecule has 6 nitrogen and oxygen atoms in total. The lowest BCUT2D eigenvalue weighted by atomic mass is 9.99. The molecule has 1 aliphatic rings. The molecule has 1 unspecified atom stereocenters. The summed E-state index contributed by atoms with van der Waals surface area (Å²) in [6, 6.07) is 18.1. The van der Waals surface area contributed by atoms with E-state index >= 15 is 0 Å². The van der Waals surface area contributed by atoms with Gasteiger partial charge >= 0.3 is 0 Å². The first-order valence-corrected chi connectivity index (χ1v) is 10.2. The molecule has 1 saturated heterocycles. The molecule has 1 fully saturated rings. The number of likely N-dealkylation sites (tertiary alicyclic amines) is 1. The van der Waals surface area contributed by atoms with E-state index < -0.39 is 0 Å². The third kappa shape index (κ3) is 4.77. The molecule has 0 aliphatic carbocycles. The molecule has 1 N–H and O–H groups in total. The maximum Gasteiger partial charge on any atom is 0.228 e. The number of rotatable bonds is 5. The third-order valence-electron chi connectivity index (χ3n) is 5.16. The molecule has 0 saturated carbocycles. The van der Waals surface area contributed by atoms with Gasteiger partial charge in [-0.25, -0.2) is 0 Å². The highest BCUT2D eigenvalue weighted by molar-refractivity contribution is 6.30. The smallest absolute Gasteiger partial charge is 0.228 e. The lowest BCUT2D eigenvalue weighted by Gasteiger charge is -2.21. The minimum absolute atomic E-state index is 0.549. The number of aliphatic imine (C=N–C) groups is 1. The summed E-state index contributed by atoms with van der Waals surface area (Å²) in [6.45, 7) is 2.66. The average molecular weight is 410 g/mol. The fourth-order valence-corrected chi connectivity index (χ4v) is 3.76. The lowest BCUT2D eigenvalue weighted by Crippen LogP contribution is -2.40. The molecular formula is C22H24ClN5O. The summed E-state index contributed by atoms with van der Waals surface area (Å²) in [5.41, 5.74) is 2.28. The van der Waals surface area contributed by atoms with Gasteiger partial charge in [-0.1, -0.05) is 47.1 Å². The molecule has 0 spiro atoms. The molecule has 0 radical (unpaired) electrons. The normalized spacial score (nSPS) is 17.0. The van der Waals surface area contributed by atoms with E-state index in [1.807, 2.05) is 31.3 Å². The van der Waals surface area contributed by atoms with Crippen molar-refractivity contribution in [2.24, 2.45) is 4.99 Å². The van der Waals surface area contributed by atoms with E-state index in [0.29, 0.717) is 35.6 Å². The lowest BCUT2D eigenvalue weighted by molar-refractivity contribution is 0.377. The van der Waals surface area contributed by atoms with Crippen molar-refractivity contribution in [1.82, 2.24) is 20.4 Å². The fourth-order valence-electron chi connectivity index (χ4n) is 3.64. The van der Waals surface area contributed by atoms with Crippen molar-refractivity contribution in [1.29, 1.82) is 0 Å². The second kappa shape index (κ2) is 9.09. The van der Waals surface area contributed by atoms with Gasteiger partial charge in [0.2, 0.25) is 11.7 Å². The molecule has 2 heterocycles. The number of benzene rings is 2. The number of guanidine groups is 1. The second-order valence-electron chi connectivity index (χ2n) is 7.08. The average Bonchev–Trinajstić information content (AvgIpc) is 3.43. The quantitative estimate of drug-likeness (QED) is 0.509.